The van der Waals surface area contributed by atoms with Crippen LogP contribution in [0.3, 0.4) is 0 Å². The molecule has 1 saturated heterocycles. The Labute approximate surface area is 152 Å². The van der Waals surface area contributed by atoms with Crippen molar-refractivity contribution in [2.45, 2.75) is 46.1 Å². The van der Waals surface area contributed by atoms with Crippen molar-refractivity contribution >= 4 is 11.8 Å². The lowest BCUT2D eigenvalue weighted by Gasteiger charge is -2.39. The van der Waals surface area contributed by atoms with Gasteiger partial charge in [0.25, 0.3) is 5.91 Å². The lowest BCUT2D eigenvalue weighted by molar-refractivity contribution is -0.130. The van der Waals surface area contributed by atoms with Crippen molar-refractivity contribution in [3.8, 4) is 0 Å². The second kappa shape index (κ2) is 7.31. The minimum absolute atomic E-state index is 0.168. The van der Waals surface area contributed by atoms with Gasteiger partial charge in [-0.15, -0.1) is 0 Å². The highest BCUT2D eigenvalue weighted by atomic mass is 16.5. The molecule has 140 valence electrons. The van der Waals surface area contributed by atoms with Crippen molar-refractivity contribution in [1.29, 1.82) is 0 Å². The topological polar surface area (TPSA) is 107 Å². The fourth-order valence-corrected chi connectivity index (χ4v) is 3.69. The Hall–Kier alpha value is -2.64. The number of aryl methyl sites for hydroxylation is 1. The molecule has 0 spiro atoms. The quantitative estimate of drug-likeness (QED) is 0.845. The number of aromatic nitrogens is 3. The maximum Gasteiger partial charge on any atom is 0.276 e. The molecule has 0 aromatic carbocycles. The highest BCUT2D eigenvalue weighted by molar-refractivity contribution is 5.94. The zero-order valence-electron chi connectivity index (χ0n) is 15.3. The number of nitrogens with two attached hydrogens (primary N) is 1. The number of likely N-dealkylation sites (tertiary alicyclic amines) is 1. The van der Waals surface area contributed by atoms with Crippen LogP contribution >= 0.6 is 0 Å². The molecule has 1 aliphatic heterocycles. The van der Waals surface area contributed by atoms with Crippen molar-refractivity contribution in [1.82, 2.24) is 19.8 Å². The first kappa shape index (κ1) is 18.2. The molecule has 0 aliphatic carbocycles. The van der Waals surface area contributed by atoms with Gasteiger partial charge in [-0.2, -0.15) is 5.10 Å². The van der Waals surface area contributed by atoms with Crippen LogP contribution in [-0.2, 0) is 11.3 Å². The normalized spacial score (nSPS) is 16.6. The number of rotatable bonds is 6. The molecule has 2 amide bonds. The highest BCUT2D eigenvalue weighted by Gasteiger charge is 2.40. The van der Waals surface area contributed by atoms with Gasteiger partial charge in [0.15, 0.2) is 5.69 Å². The number of amides is 2. The predicted molar refractivity (Wildman–Crippen MR) is 94.2 cm³/mol. The molecule has 3 rings (SSSR count). The molecule has 0 saturated carbocycles. The van der Waals surface area contributed by atoms with Crippen LogP contribution < -0.4 is 5.73 Å². The summed E-state index contributed by atoms with van der Waals surface area (Å²) in [6, 6.07) is 1.83. The standard InChI is InChI=1S/C18H25N5O3/c1-3-5-18(17(19)25)6-10-22(11-7-18)16(24)15-14(13(2)26-21-15)12-23-9-4-8-20-23/h4,8-9H,3,5-7,10-12H2,1-2H3,(H2,19,25). The van der Waals surface area contributed by atoms with Gasteiger partial charge >= 0.3 is 0 Å². The number of primary amides is 1. The van der Waals surface area contributed by atoms with Gasteiger partial charge in [-0.1, -0.05) is 18.5 Å². The van der Waals surface area contributed by atoms with Crippen LogP contribution in [0.1, 0.15) is 54.4 Å². The van der Waals surface area contributed by atoms with Crippen molar-refractivity contribution in [2.75, 3.05) is 13.1 Å². The summed E-state index contributed by atoms with van der Waals surface area (Å²) in [4.78, 5) is 26.6. The monoisotopic (exact) mass is 359 g/mol. The smallest absolute Gasteiger partial charge is 0.276 e. The van der Waals surface area contributed by atoms with E-state index in [1.165, 1.54) is 0 Å². The van der Waals surface area contributed by atoms with Gasteiger partial charge in [0.05, 0.1) is 12.0 Å². The second-order valence-corrected chi connectivity index (χ2v) is 6.96. The van der Waals surface area contributed by atoms with E-state index in [1.807, 2.05) is 19.2 Å². The van der Waals surface area contributed by atoms with Gasteiger partial charge in [0.2, 0.25) is 5.91 Å². The molecule has 26 heavy (non-hydrogen) atoms. The lowest BCUT2D eigenvalue weighted by Crippen LogP contribution is -2.49. The third-order valence-corrected chi connectivity index (χ3v) is 5.33. The summed E-state index contributed by atoms with van der Waals surface area (Å²) in [5.41, 5.74) is 6.20. The molecule has 0 unspecified atom stereocenters. The summed E-state index contributed by atoms with van der Waals surface area (Å²) < 4.78 is 6.99. The summed E-state index contributed by atoms with van der Waals surface area (Å²) in [5.74, 6) is 0.181. The molecule has 2 N–H and O–H groups in total. The van der Waals surface area contributed by atoms with Crippen LogP contribution in [0.4, 0.5) is 0 Å². The Morgan fingerprint density at radius 3 is 2.65 bits per heavy atom. The molecule has 2 aromatic heterocycles. The second-order valence-electron chi connectivity index (χ2n) is 6.96. The summed E-state index contributed by atoms with van der Waals surface area (Å²) in [7, 11) is 0. The molecule has 0 radical (unpaired) electrons. The van der Waals surface area contributed by atoms with E-state index in [1.54, 1.807) is 22.7 Å². The Balaban J connectivity index is 1.74. The molecular formula is C18H25N5O3. The SMILES string of the molecule is CCCC1(C(N)=O)CCN(C(=O)c2noc(C)c2Cn2cccn2)CC1. The predicted octanol–water partition coefficient (Wildman–Crippen LogP) is 1.74. The maximum absolute atomic E-state index is 13.0. The van der Waals surface area contributed by atoms with Gasteiger partial charge in [-0.25, -0.2) is 0 Å². The Bertz CT molecular complexity index is 773. The molecular weight excluding hydrogens is 334 g/mol. The third kappa shape index (κ3) is 3.36. The van der Waals surface area contributed by atoms with Crippen LogP contribution in [-0.4, -0.2) is 44.7 Å². The van der Waals surface area contributed by atoms with Crippen molar-refractivity contribution in [2.24, 2.45) is 11.1 Å². The van der Waals surface area contributed by atoms with Gasteiger partial charge < -0.3 is 15.2 Å². The Morgan fingerprint density at radius 1 is 1.35 bits per heavy atom. The van der Waals surface area contributed by atoms with Crippen LogP contribution in [0.2, 0.25) is 0 Å². The third-order valence-electron chi connectivity index (χ3n) is 5.33. The zero-order valence-corrected chi connectivity index (χ0v) is 15.3. The fraction of sp³-hybridized carbons (Fsp3) is 0.556. The van der Waals surface area contributed by atoms with E-state index in [9.17, 15) is 9.59 Å². The number of hydrogen-bond donors (Lipinski definition) is 1. The first-order chi connectivity index (χ1) is 12.5. The largest absolute Gasteiger partial charge is 0.369 e. The Morgan fingerprint density at radius 2 is 2.08 bits per heavy atom. The van der Waals surface area contributed by atoms with Gasteiger partial charge in [0.1, 0.15) is 5.76 Å². The molecule has 8 heteroatoms. The van der Waals surface area contributed by atoms with E-state index < -0.39 is 5.41 Å². The minimum Gasteiger partial charge on any atom is -0.369 e. The van der Waals surface area contributed by atoms with Crippen LogP contribution in [0.5, 0.6) is 0 Å². The molecule has 8 nitrogen and oxygen atoms in total. The van der Waals surface area contributed by atoms with Gasteiger partial charge in [-0.05, 0) is 32.3 Å². The average Bonchev–Trinajstić information content (AvgIpc) is 3.26. The van der Waals surface area contributed by atoms with E-state index in [4.69, 9.17) is 10.3 Å². The van der Waals surface area contributed by atoms with Crippen LogP contribution in [0, 0.1) is 12.3 Å². The molecule has 0 atom stereocenters. The number of nitrogens with zero attached hydrogens (tertiary/aromatic N) is 4. The minimum atomic E-state index is -0.497. The molecule has 0 bridgehead atoms. The average molecular weight is 359 g/mol. The maximum atomic E-state index is 13.0. The van der Waals surface area contributed by atoms with Crippen molar-refractivity contribution < 1.29 is 14.1 Å². The summed E-state index contributed by atoms with van der Waals surface area (Å²) in [6.07, 6.45) is 6.35. The number of hydrogen-bond acceptors (Lipinski definition) is 5. The molecule has 2 aromatic rings. The highest BCUT2D eigenvalue weighted by Crippen LogP contribution is 2.36. The lowest BCUT2D eigenvalue weighted by atomic mass is 9.74. The van der Waals surface area contributed by atoms with Crippen LogP contribution in [0.15, 0.2) is 23.0 Å². The molecule has 1 aliphatic rings. The van der Waals surface area contributed by atoms with E-state index >= 15 is 0 Å². The van der Waals surface area contributed by atoms with Gasteiger partial charge in [0, 0.05) is 31.0 Å². The first-order valence-electron chi connectivity index (χ1n) is 8.98. The fourth-order valence-electron chi connectivity index (χ4n) is 3.69. The van der Waals surface area contributed by atoms with Crippen molar-refractivity contribution in [3.05, 3.63) is 35.5 Å². The number of carbonyl (C=O) groups is 2. The molecule has 1 fully saturated rings. The van der Waals surface area contributed by atoms with E-state index in [0.29, 0.717) is 43.9 Å². The first-order valence-corrected chi connectivity index (χ1v) is 8.98. The zero-order chi connectivity index (χ0) is 18.7. The number of piperidine rings is 1. The Kier molecular flexibility index (Phi) is 5.11. The van der Waals surface area contributed by atoms with Crippen LogP contribution in [0.25, 0.3) is 0 Å². The van der Waals surface area contributed by atoms with E-state index in [2.05, 4.69) is 10.3 Å². The van der Waals surface area contributed by atoms with E-state index in [-0.39, 0.29) is 11.8 Å². The summed E-state index contributed by atoms with van der Waals surface area (Å²) in [5, 5.41) is 8.16. The van der Waals surface area contributed by atoms with E-state index in [0.717, 1.165) is 18.4 Å². The summed E-state index contributed by atoms with van der Waals surface area (Å²) in [6.45, 7) is 5.25. The number of carbonyl (C=O) groups excluding carboxylic acids is 2. The molecule has 3 heterocycles. The van der Waals surface area contributed by atoms with Gasteiger partial charge in [-0.3, -0.25) is 14.3 Å². The van der Waals surface area contributed by atoms with Crippen molar-refractivity contribution in [3.63, 3.8) is 0 Å². The summed E-state index contributed by atoms with van der Waals surface area (Å²) >= 11 is 0.